The number of carbonyl (C=O) groups excluding carboxylic acids is 2. The largest absolute Gasteiger partial charge is 0.466 e. The molecular weight excluding hydrogens is 514 g/mol. The van der Waals surface area contributed by atoms with Gasteiger partial charge in [-0.3, -0.25) is 4.79 Å². The average Bonchev–Trinajstić information content (AvgIpc) is 3.12. The number of methoxy groups -OCH3 is 1. The molecule has 0 saturated heterocycles. The van der Waals surface area contributed by atoms with Crippen molar-refractivity contribution in [2.45, 2.75) is 18.8 Å². The van der Waals surface area contributed by atoms with Crippen molar-refractivity contribution in [2.24, 2.45) is 0 Å². The van der Waals surface area contributed by atoms with Crippen LogP contribution >= 0.6 is 46.1 Å². The molecule has 1 aromatic heterocycles. The first kappa shape index (κ1) is 24.4. The standard InChI is InChI=1S/C19H13Cl3F3N3O3S/c1-8-11(21)5-6-13-14(8)26-17(32-13)28-18(16(30)31-2,19(23,24)25)27-15(29)10-4-3-9(20)7-12(10)22/h3-7H,1-2H3,(H,26,28)(H,27,29)/t18-/m1/s1. The summed E-state index contributed by atoms with van der Waals surface area (Å²) in [7, 11) is 0.758. The molecule has 0 unspecified atom stereocenters. The number of hydrogen-bond donors (Lipinski definition) is 2. The van der Waals surface area contributed by atoms with Gasteiger partial charge in [-0.25, -0.2) is 9.78 Å². The Labute approximate surface area is 198 Å². The number of fused-ring (bicyclic) bond motifs is 1. The minimum absolute atomic E-state index is 0.170. The minimum Gasteiger partial charge on any atom is -0.466 e. The summed E-state index contributed by atoms with van der Waals surface area (Å²) in [5, 5.41) is 3.73. The van der Waals surface area contributed by atoms with Gasteiger partial charge in [-0.1, -0.05) is 46.1 Å². The van der Waals surface area contributed by atoms with Gasteiger partial charge in [-0.05, 0) is 42.8 Å². The number of halogens is 6. The molecule has 0 radical (unpaired) electrons. The summed E-state index contributed by atoms with van der Waals surface area (Å²) >= 11 is 18.6. The summed E-state index contributed by atoms with van der Waals surface area (Å²) in [5.41, 5.74) is -3.10. The third-order valence-electron chi connectivity index (χ3n) is 4.44. The van der Waals surface area contributed by atoms with E-state index in [-0.39, 0.29) is 20.7 Å². The van der Waals surface area contributed by atoms with Crippen molar-refractivity contribution >= 4 is 73.4 Å². The molecule has 0 aliphatic rings. The molecule has 0 saturated carbocycles. The van der Waals surface area contributed by atoms with E-state index in [0.29, 0.717) is 20.8 Å². The van der Waals surface area contributed by atoms with Gasteiger partial charge in [0.1, 0.15) is 0 Å². The number of hydrogen-bond acceptors (Lipinski definition) is 6. The number of anilines is 1. The quantitative estimate of drug-likeness (QED) is 0.323. The number of aryl methyl sites for hydroxylation is 1. The van der Waals surface area contributed by atoms with Crippen molar-refractivity contribution in [1.29, 1.82) is 0 Å². The second-order valence-electron chi connectivity index (χ2n) is 6.48. The number of alkyl halides is 3. The first-order chi connectivity index (χ1) is 14.9. The number of aromatic nitrogens is 1. The fraction of sp³-hybridized carbons (Fsp3) is 0.211. The van der Waals surface area contributed by atoms with E-state index in [2.05, 4.69) is 9.72 Å². The highest BCUT2D eigenvalue weighted by atomic mass is 35.5. The zero-order chi connectivity index (χ0) is 23.8. The van der Waals surface area contributed by atoms with E-state index < -0.39 is 23.7 Å². The molecule has 0 spiro atoms. The molecule has 0 aliphatic heterocycles. The number of carbonyl (C=O) groups is 2. The second kappa shape index (κ2) is 8.93. The van der Waals surface area contributed by atoms with Gasteiger partial charge in [0.05, 0.1) is 27.9 Å². The van der Waals surface area contributed by atoms with Crippen molar-refractivity contribution in [3.8, 4) is 0 Å². The van der Waals surface area contributed by atoms with Gasteiger partial charge in [-0.15, -0.1) is 0 Å². The first-order valence-corrected chi connectivity index (χ1v) is 10.6. The van der Waals surface area contributed by atoms with Crippen LogP contribution in [0.4, 0.5) is 18.3 Å². The number of nitrogens with zero attached hydrogens (tertiary/aromatic N) is 1. The van der Waals surface area contributed by atoms with Crippen molar-refractivity contribution < 1.29 is 27.5 Å². The van der Waals surface area contributed by atoms with Gasteiger partial charge in [-0.2, -0.15) is 13.2 Å². The average molecular weight is 527 g/mol. The Bertz CT molecular complexity index is 1220. The lowest BCUT2D eigenvalue weighted by Crippen LogP contribution is -2.69. The summed E-state index contributed by atoms with van der Waals surface area (Å²) in [6, 6.07) is 6.72. The van der Waals surface area contributed by atoms with Gasteiger partial charge in [0.25, 0.3) is 5.91 Å². The molecule has 13 heteroatoms. The second-order valence-corrected chi connectivity index (χ2v) is 8.76. The predicted octanol–water partition coefficient (Wildman–Crippen LogP) is 5.84. The lowest BCUT2D eigenvalue weighted by Gasteiger charge is -2.34. The number of esters is 1. The lowest BCUT2D eigenvalue weighted by atomic mass is 10.1. The summed E-state index contributed by atoms with van der Waals surface area (Å²) in [5.74, 6) is -3.10. The molecule has 0 bridgehead atoms. The highest BCUT2D eigenvalue weighted by Gasteiger charge is 2.64. The molecule has 6 nitrogen and oxygen atoms in total. The van der Waals surface area contributed by atoms with E-state index in [1.807, 2.05) is 5.32 Å². The maximum Gasteiger partial charge on any atom is 0.442 e. The van der Waals surface area contributed by atoms with Gasteiger partial charge in [0, 0.05) is 10.0 Å². The van der Waals surface area contributed by atoms with Crippen LogP contribution in [0.15, 0.2) is 30.3 Å². The Balaban J connectivity index is 2.10. The Kier molecular flexibility index (Phi) is 6.80. The minimum atomic E-state index is -5.33. The summed E-state index contributed by atoms with van der Waals surface area (Å²) in [6.07, 6.45) is -5.33. The van der Waals surface area contributed by atoms with E-state index in [1.54, 1.807) is 24.4 Å². The van der Waals surface area contributed by atoms with Crippen LogP contribution in [0.3, 0.4) is 0 Å². The van der Waals surface area contributed by atoms with Gasteiger partial charge >= 0.3 is 17.8 Å². The molecule has 3 aromatic rings. The van der Waals surface area contributed by atoms with Crippen LogP contribution in [0, 0.1) is 6.92 Å². The molecule has 2 N–H and O–H groups in total. The third-order valence-corrected chi connectivity index (χ3v) is 6.33. The number of benzene rings is 2. The van der Waals surface area contributed by atoms with E-state index in [1.165, 1.54) is 12.1 Å². The van der Waals surface area contributed by atoms with Gasteiger partial charge in [0.2, 0.25) is 0 Å². The Morgan fingerprint density at radius 2 is 1.78 bits per heavy atom. The topological polar surface area (TPSA) is 80.3 Å². The van der Waals surface area contributed by atoms with Crippen molar-refractivity contribution in [1.82, 2.24) is 10.3 Å². The van der Waals surface area contributed by atoms with Crippen LogP contribution in [0.2, 0.25) is 15.1 Å². The number of thiazole rings is 1. The van der Waals surface area contributed by atoms with Crippen LogP contribution in [0.1, 0.15) is 15.9 Å². The van der Waals surface area contributed by atoms with Crippen molar-refractivity contribution in [3.63, 3.8) is 0 Å². The smallest absolute Gasteiger partial charge is 0.442 e. The Morgan fingerprint density at radius 3 is 2.38 bits per heavy atom. The summed E-state index contributed by atoms with van der Waals surface area (Å²) in [4.78, 5) is 29.2. The predicted molar refractivity (Wildman–Crippen MR) is 118 cm³/mol. The lowest BCUT2D eigenvalue weighted by molar-refractivity contribution is -0.203. The van der Waals surface area contributed by atoms with Crippen molar-refractivity contribution in [2.75, 3.05) is 12.4 Å². The SMILES string of the molecule is COC(=O)[C@@](NC(=O)c1ccc(Cl)cc1Cl)(Nc1nc2c(C)c(Cl)ccc2s1)C(F)(F)F. The molecule has 2 aromatic carbocycles. The molecule has 1 heterocycles. The van der Waals surface area contributed by atoms with Gasteiger partial charge in [0.15, 0.2) is 5.13 Å². The third kappa shape index (κ3) is 4.45. The fourth-order valence-corrected chi connectivity index (χ4v) is 4.40. The molecule has 0 fully saturated rings. The number of nitrogens with one attached hydrogen (secondary N) is 2. The van der Waals surface area contributed by atoms with Crippen LogP contribution in [-0.4, -0.2) is 35.8 Å². The zero-order valence-electron chi connectivity index (χ0n) is 16.2. The first-order valence-electron chi connectivity index (χ1n) is 8.66. The molecule has 32 heavy (non-hydrogen) atoms. The zero-order valence-corrected chi connectivity index (χ0v) is 19.3. The van der Waals surface area contributed by atoms with Crippen LogP contribution < -0.4 is 10.6 Å². The van der Waals surface area contributed by atoms with E-state index >= 15 is 0 Å². The summed E-state index contributed by atoms with van der Waals surface area (Å²) < 4.78 is 47.7. The molecule has 1 atom stereocenters. The van der Waals surface area contributed by atoms with Gasteiger partial charge < -0.3 is 15.4 Å². The van der Waals surface area contributed by atoms with Crippen LogP contribution in [0.5, 0.6) is 0 Å². The maximum atomic E-state index is 14.3. The molecule has 0 aliphatic carbocycles. The molecule has 3 rings (SSSR count). The maximum absolute atomic E-state index is 14.3. The van der Waals surface area contributed by atoms with E-state index in [4.69, 9.17) is 34.8 Å². The number of rotatable bonds is 5. The molecule has 170 valence electrons. The summed E-state index contributed by atoms with van der Waals surface area (Å²) in [6.45, 7) is 1.65. The number of amides is 1. The highest BCUT2D eigenvalue weighted by molar-refractivity contribution is 7.22. The van der Waals surface area contributed by atoms with E-state index in [0.717, 1.165) is 24.5 Å². The monoisotopic (exact) mass is 525 g/mol. The fourth-order valence-electron chi connectivity index (χ4n) is 2.77. The normalized spacial score (nSPS) is 13.5. The van der Waals surface area contributed by atoms with Crippen LogP contribution in [0.25, 0.3) is 10.2 Å². The molecular formula is C19H13Cl3F3N3O3S. The Morgan fingerprint density at radius 1 is 1.09 bits per heavy atom. The van der Waals surface area contributed by atoms with Crippen LogP contribution in [-0.2, 0) is 9.53 Å². The highest BCUT2D eigenvalue weighted by Crippen LogP contribution is 2.37. The van der Waals surface area contributed by atoms with E-state index in [9.17, 15) is 22.8 Å². The molecule has 1 amide bonds. The number of ether oxygens (including phenoxy) is 1. The van der Waals surface area contributed by atoms with Crippen molar-refractivity contribution in [3.05, 3.63) is 56.5 Å². The Hall–Kier alpha value is -2.27.